The van der Waals surface area contributed by atoms with Gasteiger partial charge in [0, 0.05) is 13.7 Å². The van der Waals surface area contributed by atoms with Gasteiger partial charge in [0.15, 0.2) is 8.32 Å². The van der Waals surface area contributed by atoms with E-state index in [-0.39, 0.29) is 5.97 Å². The summed E-state index contributed by atoms with van der Waals surface area (Å²) in [6, 6.07) is 1.15. The Kier molecular flexibility index (Phi) is 8.01. The number of rotatable bonds is 9. The molecule has 0 fully saturated rings. The van der Waals surface area contributed by atoms with Crippen LogP contribution in [0.5, 0.6) is 0 Å². The first-order valence-electron chi connectivity index (χ1n) is 6.64. The molecular formula is C12H29NO3Si2. The number of nitrogens with one attached hydrogen (secondary N) is 1. The number of carbonyl (C=O) groups is 1. The third kappa shape index (κ3) is 10.9. The molecule has 108 valence electrons. The lowest BCUT2D eigenvalue weighted by Gasteiger charge is -2.19. The van der Waals surface area contributed by atoms with Crippen molar-refractivity contribution in [2.24, 2.45) is 0 Å². The van der Waals surface area contributed by atoms with Crippen LogP contribution in [0.15, 0.2) is 0 Å². The van der Waals surface area contributed by atoms with Crippen LogP contribution in [0, 0.1) is 0 Å². The first-order chi connectivity index (χ1) is 8.16. The lowest BCUT2D eigenvalue weighted by Crippen LogP contribution is -2.32. The van der Waals surface area contributed by atoms with Crippen LogP contribution in [0.3, 0.4) is 0 Å². The fraction of sp³-hybridized carbons (Fsp3) is 0.917. The van der Waals surface area contributed by atoms with Crippen LogP contribution in [-0.4, -0.2) is 42.8 Å². The minimum Gasteiger partial charge on any atom is -0.520 e. The van der Waals surface area contributed by atoms with E-state index in [1.165, 1.54) is 0 Å². The van der Waals surface area contributed by atoms with Gasteiger partial charge in [0.25, 0.3) is 5.97 Å². The van der Waals surface area contributed by atoms with Gasteiger partial charge in [-0.1, -0.05) is 0 Å². The fourth-order valence-corrected chi connectivity index (χ4v) is 3.47. The Hall–Kier alpha value is -0.176. The van der Waals surface area contributed by atoms with Crippen molar-refractivity contribution in [1.82, 2.24) is 5.32 Å². The summed E-state index contributed by atoms with van der Waals surface area (Å²) < 4.78 is 10.8. The van der Waals surface area contributed by atoms with E-state index in [1.54, 1.807) is 7.11 Å². The summed E-state index contributed by atoms with van der Waals surface area (Å²) >= 11 is 0. The maximum Gasteiger partial charge on any atom is 0.293 e. The molecule has 0 atom stereocenters. The van der Waals surface area contributed by atoms with Crippen LogP contribution >= 0.6 is 0 Å². The number of hydrogen-bond donors (Lipinski definition) is 1. The Morgan fingerprint density at radius 2 is 1.72 bits per heavy atom. The molecule has 0 aliphatic carbocycles. The first-order valence-corrected chi connectivity index (χ1v) is 13.2. The average molecular weight is 292 g/mol. The zero-order chi connectivity index (χ0) is 14.2. The van der Waals surface area contributed by atoms with Gasteiger partial charge in [0.2, 0.25) is 8.32 Å². The van der Waals surface area contributed by atoms with Gasteiger partial charge in [-0.05, 0) is 51.7 Å². The lowest BCUT2D eigenvalue weighted by atomic mass is 10.4. The molecule has 4 nitrogen and oxygen atoms in total. The number of hydrogen-bond acceptors (Lipinski definition) is 4. The van der Waals surface area contributed by atoms with Crippen molar-refractivity contribution in [3.63, 3.8) is 0 Å². The first kappa shape index (κ1) is 17.8. The molecular weight excluding hydrogens is 262 g/mol. The highest BCUT2D eigenvalue weighted by Gasteiger charge is 2.20. The summed E-state index contributed by atoms with van der Waals surface area (Å²) in [5.41, 5.74) is 0. The van der Waals surface area contributed by atoms with Gasteiger partial charge in [-0.25, -0.2) is 0 Å². The van der Waals surface area contributed by atoms with Gasteiger partial charge in [-0.15, -0.1) is 0 Å². The van der Waals surface area contributed by atoms with Crippen LogP contribution < -0.4 is 5.32 Å². The maximum absolute atomic E-state index is 11.5. The molecule has 0 heterocycles. The standard InChI is InChI=1S/C12H29NO3Si2/c1-15-18(5,6)11-7-9-13-10-8-12(14)16-17(2,3)4/h13H,7-11H2,1-6H3. The van der Waals surface area contributed by atoms with Gasteiger partial charge >= 0.3 is 0 Å². The van der Waals surface area contributed by atoms with E-state index in [0.717, 1.165) is 19.0 Å². The van der Waals surface area contributed by atoms with Crippen molar-refractivity contribution >= 4 is 22.6 Å². The molecule has 0 aromatic heterocycles. The smallest absolute Gasteiger partial charge is 0.293 e. The molecule has 0 rings (SSSR count). The van der Waals surface area contributed by atoms with Crippen LogP contribution in [0.4, 0.5) is 0 Å². The summed E-state index contributed by atoms with van der Waals surface area (Å²) in [4.78, 5) is 11.5. The van der Waals surface area contributed by atoms with Crippen molar-refractivity contribution in [2.45, 2.75) is 51.6 Å². The minimum atomic E-state index is -1.71. The summed E-state index contributed by atoms with van der Waals surface area (Å²) in [6.45, 7) is 12.2. The van der Waals surface area contributed by atoms with E-state index >= 15 is 0 Å². The van der Waals surface area contributed by atoms with E-state index < -0.39 is 16.6 Å². The Morgan fingerprint density at radius 3 is 2.22 bits per heavy atom. The third-order valence-corrected chi connectivity index (χ3v) is 6.11. The average Bonchev–Trinajstić information content (AvgIpc) is 2.20. The van der Waals surface area contributed by atoms with E-state index in [1.807, 2.05) is 19.6 Å². The molecule has 0 bridgehead atoms. The summed E-state index contributed by atoms with van der Waals surface area (Å²) in [5, 5.41) is 3.28. The van der Waals surface area contributed by atoms with Crippen molar-refractivity contribution < 1.29 is 13.6 Å². The summed E-state index contributed by atoms with van der Waals surface area (Å²) in [5.74, 6) is -0.0757. The topological polar surface area (TPSA) is 47.6 Å². The summed E-state index contributed by atoms with van der Waals surface area (Å²) in [7, 11) is -1.33. The lowest BCUT2D eigenvalue weighted by molar-refractivity contribution is -0.135. The molecule has 1 N–H and O–H groups in total. The van der Waals surface area contributed by atoms with Crippen molar-refractivity contribution in [2.75, 3.05) is 20.2 Å². The van der Waals surface area contributed by atoms with E-state index in [2.05, 4.69) is 18.4 Å². The van der Waals surface area contributed by atoms with Crippen LogP contribution in [0.1, 0.15) is 12.8 Å². The van der Waals surface area contributed by atoms with Crippen LogP contribution in [0.25, 0.3) is 0 Å². The molecule has 0 spiro atoms. The van der Waals surface area contributed by atoms with Crippen molar-refractivity contribution in [1.29, 1.82) is 0 Å². The molecule has 0 aromatic rings. The van der Waals surface area contributed by atoms with Crippen LogP contribution in [-0.2, 0) is 13.6 Å². The minimum absolute atomic E-state index is 0.0757. The molecule has 6 heteroatoms. The zero-order valence-corrected chi connectivity index (χ0v) is 14.8. The zero-order valence-electron chi connectivity index (χ0n) is 12.8. The SMILES string of the molecule is CO[Si](C)(C)CCCNCCC(=O)O[Si](C)(C)C. The molecule has 0 saturated heterocycles. The predicted octanol–water partition coefficient (Wildman–Crippen LogP) is 2.59. The summed E-state index contributed by atoms with van der Waals surface area (Å²) in [6.07, 6.45) is 1.57. The molecule has 0 saturated carbocycles. The largest absolute Gasteiger partial charge is 0.520 e. The fourth-order valence-electron chi connectivity index (χ4n) is 1.45. The second-order valence-corrected chi connectivity index (χ2v) is 15.0. The van der Waals surface area contributed by atoms with Crippen molar-refractivity contribution in [3.05, 3.63) is 0 Å². The van der Waals surface area contributed by atoms with Gasteiger partial charge < -0.3 is 14.2 Å². The van der Waals surface area contributed by atoms with E-state index in [4.69, 9.17) is 8.85 Å². The third-order valence-electron chi connectivity index (χ3n) is 2.61. The highest BCUT2D eigenvalue weighted by atomic mass is 28.4. The molecule has 0 aliphatic heterocycles. The molecule has 0 unspecified atom stereocenters. The second kappa shape index (κ2) is 8.09. The van der Waals surface area contributed by atoms with E-state index in [9.17, 15) is 4.79 Å². The Labute approximate surface area is 114 Å². The highest BCUT2D eigenvalue weighted by Crippen LogP contribution is 2.11. The Morgan fingerprint density at radius 1 is 1.11 bits per heavy atom. The molecule has 0 amide bonds. The van der Waals surface area contributed by atoms with E-state index in [0.29, 0.717) is 13.0 Å². The molecule has 0 radical (unpaired) electrons. The Balaban J connectivity index is 3.49. The Bertz CT molecular complexity index is 252. The molecule has 0 aliphatic rings. The van der Waals surface area contributed by atoms with Gasteiger partial charge in [0.05, 0.1) is 6.42 Å². The maximum atomic E-state index is 11.5. The van der Waals surface area contributed by atoms with Crippen LogP contribution in [0.2, 0.25) is 38.8 Å². The number of carbonyl (C=O) groups excluding carboxylic acids is 1. The normalized spacial score (nSPS) is 12.6. The molecule has 0 aromatic carbocycles. The monoisotopic (exact) mass is 291 g/mol. The van der Waals surface area contributed by atoms with Crippen molar-refractivity contribution in [3.8, 4) is 0 Å². The van der Waals surface area contributed by atoms with Gasteiger partial charge in [-0.2, -0.15) is 0 Å². The molecule has 18 heavy (non-hydrogen) atoms. The quantitative estimate of drug-likeness (QED) is 0.524. The van der Waals surface area contributed by atoms with Gasteiger partial charge in [-0.3, -0.25) is 4.79 Å². The predicted molar refractivity (Wildman–Crippen MR) is 80.8 cm³/mol. The second-order valence-electron chi connectivity index (χ2n) is 6.15. The van der Waals surface area contributed by atoms with Gasteiger partial charge in [0.1, 0.15) is 0 Å². The highest BCUT2D eigenvalue weighted by molar-refractivity contribution is 6.71.